The molecule has 25 heavy (non-hydrogen) atoms. The van der Waals surface area contributed by atoms with Gasteiger partial charge >= 0.3 is 0 Å². The Kier molecular flexibility index (Phi) is 3.96. The van der Waals surface area contributed by atoms with Gasteiger partial charge in [0, 0.05) is 0 Å². The molecule has 4 nitrogen and oxygen atoms in total. The van der Waals surface area contributed by atoms with Crippen molar-refractivity contribution in [3.8, 4) is 0 Å². The molecule has 8 atom stereocenters. The quantitative estimate of drug-likeness (QED) is 0.539. The van der Waals surface area contributed by atoms with Crippen molar-refractivity contribution in [2.24, 2.45) is 39.9 Å². The SMILES string of the molecule is CC1(C)CC2(CC(C)(C)C3CC(O)C(O)CC32)C2CC(O)C(O)CC21. The maximum atomic E-state index is 10.4. The summed E-state index contributed by atoms with van der Waals surface area (Å²) in [5.74, 6) is 1.70. The van der Waals surface area contributed by atoms with Gasteiger partial charge < -0.3 is 20.4 Å². The standard InChI is InChI=1S/C21H36O4/c1-19(2)9-21(13-7-17(24)15(22)5-11(13)19)10-20(3,4)12-6-16(23)18(25)8-14(12)21/h11-18,22-25H,5-10H2,1-4H3. The smallest absolute Gasteiger partial charge is 0.0802 e. The molecule has 4 aliphatic rings. The van der Waals surface area contributed by atoms with Crippen LogP contribution in [0.2, 0.25) is 0 Å². The predicted molar refractivity (Wildman–Crippen MR) is 95.7 cm³/mol. The van der Waals surface area contributed by atoms with Crippen molar-refractivity contribution < 1.29 is 20.4 Å². The lowest BCUT2D eigenvalue weighted by Gasteiger charge is -2.47. The van der Waals surface area contributed by atoms with Crippen molar-refractivity contribution in [3.05, 3.63) is 0 Å². The fourth-order valence-corrected chi connectivity index (χ4v) is 8.14. The van der Waals surface area contributed by atoms with E-state index in [1.54, 1.807) is 0 Å². The molecule has 0 aromatic carbocycles. The molecule has 0 amide bonds. The van der Waals surface area contributed by atoms with E-state index in [1.165, 1.54) is 0 Å². The Balaban J connectivity index is 1.75. The average molecular weight is 353 g/mol. The van der Waals surface area contributed by atoms with Crippen LogP contribution in [0.4, 0.5) is 0 Å². The van der Waals surface area contributed by atoms with E-state index < -0.39 is 24.4 Å². The minimum absolute atomic E-state index is 0.130. The lowest BCUT2D eigenvalue weighted by Crippen LogP contribution is -2.47. The Morgan fingerprint density at radius 1 is 0.520 bits per heavy atom. The highest BCUT2D eigenvalue weighted by molar-refractivity contribution is 5.18. The van der Waals surface area contributed by atoms with Gasteiger partial charge in [-0.1, -0.05) is 27.7 Å². The first-order chi connectivity index (χ1) is 11.5. The molecule has 4 saturated carbocycles. The number of hydrogen-bond acceptors (Lipinski definition) is 4. The molecule has 0 heterocycles. The van der Waals surface area contributed by atoms with E-state index in [2.05, 4.69) is 27.7 Å². The van der Waals surface area contributed by atoms with Gasteiger partial charge in [0.2, 0.25) is 0 Å². The van der Waals surface area contributed by atoms with E-state index in [1.807, 2.05) is 0 Å². The number of rotatable bonds is 0. The topological polar surface area (TPSA) is 80.9 Å². The van der Waals surface area contributed by atoms with Gasteiger partial charge in [-0.3, -0.25) is 0 Å². The largest absolute Gasteiger partial charge is 0.390 e. The van der Waals surface area contributed by atoms with Crippen molar-refractivity contribution in [2.45, 2.75) is 90.6 Å². The van der Waals surface area contributed by atoms with E-state index in [4.69, 9.17) is 0 Å². The van der Waals surface area contributed by atoms with Crippen molar-refractivity contribution in [3.63, 3.8) is 0 Å². The number of fused-ring (bicyclic) bond motifs is 4. The van der Waals surface area contributed by atoms with Gasteiger partial charge in [0.05, 0.1) is 24.4 Å². The summed E-state index contributed by atoms with van der Waals surface area (Å²) in [5.41, 5.74) is 0.431. The van der Waals surface area contributed by atoms with Gasteiger partial charge in [0.25, 0.3) is 0 Å². The van der Waals surface area contributed by atoms with Crippen molar-refractivity contribution in [1.29, 1.82) is 0 Å². The third-order valence-corrected chi connectivity index (χ3v) is 8.90. The Hall–Kier alpha value is -0.160. The van der Waals surface area contributed by atoms with E-state index in [0.29, 0.717) is 49.4 Å². The second kappa shape index (κ2) is 5.43. The molecule has 1 spiro atoms. The highest BCUT2D eigenvalue weighted by atomic mass is 16.3. The molecular weight excluding hydrogens is 316 g/mol. The van der Waals surface area contributed by atoms with Crippen LogP contribution in [0.3, 0.4) is 0 Å². The van der Waals surface area contributed by atoms with Crippen molar-refractivity contribution >= 4 is 0 Å². The molecule has 8 unspecified atom stereocenters. The van der Waals surface area contributed by atoms with Crippen LogP contribution in [0.15, 0.2) is 0 Å². The minimum Gasteiger partial charge on any atom is -0.390 e. The first-order valence-corrected chi connectivity index (χ1v) is 10.2. The van der Waals surface area contributed by atoms with Gasteiger partial charge in [0.1, 0.15) is 0 Å². The lowest BCUT2D eigenvalue weighted by molar-refractivity contribution is -0.0960. The number of aliphatic hydroxyl groups excluding tert-OH is 4. The highest BCUT2D eigenvalue weighted by Crippen LogP contribution is 2.74. The van der Waals surface area contributed by atoms with Crippen LogP contribution in [0.1, 0.15) is 66.2 Å². The number of aliphatic hydroxyl groups is 4. The van der Waals surface area contributed by atoms with Crippen LogP contribution in [0.25, 0.3) is 0 Å². The molecular formula is C21H36O4. The second-order valence-corrected chi connectivity index (χ2v) is 11.2. The molecule has 0 aliphatic heterocycles. The summed E-state index contributed by atoms with van der Waals surface area (Å²) < 4.78 is 0. The van der Waals surface area contributed by atoms with Gasteiger partial charge in [-0.05, 0) is 78.4 Å². The molecule has 0 aromatic heterocycles. The predicted octanol–water partition coefficient (Wildman–Crippen LogP) is 2.33. The van der Waals surface area contributed by atoms with Gasteiger partial charge in [-0.25, -0.2) is 0 Å². The average Bonchev–Trinajstić information content (AvgIpc) is 2.82. The summed E-state index contributed by atoms with van der Waals surface area (Å²) in [6.07, 6.45) is 2.57. The summed E-state index contributed by atoms with van der Waals surface area (Å²) >= 11 is 0. The summed E-state index contributed by atoms with van der Waals surface area (Å²) in [6.45, 7) is 9.33. The Labute approximate surface area is 151 Å². The lowest BCUT2D eigenvalue weighted by atomic mass is 9.59. The van der Waals surface area contributed by atoms with E-state index in [-0.39, 0.29) is 16.2 Å². The zero-order valence-electron chi connectivity index (χ0n) is 16.2. The van der Waals surface area contributed by atoms with Crippen molar-refractivity contribution in [2.75, 3.05) is 0 Å². The van der Waals surface area contributed by atoms with Gasteiger partial charge in [-0.2, -0.15) is 0 Å². The molecule has 4 rings (SSSR count). The first kappa shape index (κ1) is 18.2. The fraction of sp³-hybridized carbons (Fsp3) is 1.00. The van der Waals surface area contributed by atoms with E-state index >= 15 is 0 Å². The zero-order chi connectivity index (χ0) is 18.4. The third kappa shape index (κ3) is 2.47. The van der Waals surface area contributed by atoms with Crippen LogP contribution < -0.4 is 0 Å². The molecule has 0 bridgehead atoms. The highest BCUT2D eigenvalue weighted by Gasteiger charge is 2.69. The molecule has 4 heteroatoms. The maximum absolute atomic E-state index is 10.4. The van der Waals surface area contributed by atoms with Gasteiger partial charge in [-0.15, -0.1) is 0 Å². The molecule has 4 fully saturated rings. The van der Waals surface area contributed by atoms with Crippen LogP contribution in [0.5, 0.6) is 0 Å². The molecule has 144 valence electrons. The molecule has 4 aliphatic carbocycles. The summed E-state index contributed by atoms with van der Waals surface area (Å²) in [5, 5.41) is 41.4. The molecule has 0 radical (unpaired) electrons. The Bertz CT molecular complexity index is 494. The van der Waals surface area contributed by atoms with Crippen LogP contribution >= 0.6 is 0 Å². The molecule has 4 N–H and O–H groups in total. The maximum Gasteiger partial charge on any atom is 0.0802 e. The molecule has 0 saturated heterocycles. The van der Waals surface area contributed by atoms with E-state index in [9.17, 15) is 20.4 Å². The van der Waals surface area contributed by atoms with Crippen LogP contribution in [0, 0.1) is 39.9 Å². The van der Waals surface area contributed by atoms with Crippen molar-refractivity contribution in [1.82, 2.24) is 0 Å². The summed E-state index contributed by atoms with van der Waals surface area (Å²) in [7, 11) is 0. The van der Waals surface area contributed by atoms with Gasteiger partial charge in [0.15, 0.2) is 0 Å². The second-order valence-electron chi connectivity index (χ2n) is 11.2. The van der Waals surface area contributed by atoms with Crippen LogP contribution in [-0.2, 0) is 0 Å². The Morgan fingerprint density at radius 3 is 1.12 bits per heavy atom. The van der Waals surface area contributed by atoms with E-state index in [0.717, 1.165) is 12.8 Å². The number of hydrogen-bond donors (Lipinski definition) is 4. The Morgan fingerprint density at radius 2 is 0.800 bits per heavy atom. The summed E-state index contributed by atoms with van der Waals surface area (Å²) in [4.78, 5) is 0. The normalized spacial score (nSPS) is 56.6. The zero-order valence-corrected chi connectivity index (χ0v) is 16.2. The summed E-state index contributed by atoms with van der Waals surface area (Å²) in [6, 6.07) is 0. The third-order valence-electron chi connectivity index (χ3n) is 8.90. The first-order valence-electron chi connectivity index (χ1n) is 10.2. The minimum atomic E-state index is -0.617. The monoisotopic (exact) mass is 352 g/mol. The van der Waals surface area contributed by atoms with Crippen LogP contribution in [-0.4, -0.2) is 44.8 Å². The molecule has 0 aromatic rings. The fourth-order valence-electron chi connectivity index (χ4n) is 8.14.